The van der Waals surface area contributed by atoms with Crippen molar-refractivity contribution in [3.05, 3.63) is 65.7 Å². The van der Waals surface area contributed by atoms with Crippen LogP contribution in [0.1, 0.15) is 0 Å². The summed E-state index contributed by atoms with van der Waals surface area (Å²) in [5.41, 5.74) is 1.60. The van der Waals surface area contributed by atoms with Crippen LogP contribution < -0.4 is 9.21 Å². The van der Waals surface area contributed by atoms with Crippen LogP contribution in [0.15, 0.2) is 65.6 Å². The monoisotopic (exact) mass is 441 g/mol. The summed E-state index contributed by atoms with van der Waals surface area (Å²) in [5, 5.41) is 2.23. The molecule has 0 bridgehead atoms. The number of halogens is 1. The fourth-order valence-electron chi connectivity index (χ4n) is 4.24. The first kappa shape index (κ1) is 19.2. The minimum absolute atomic E-state index is 0.186. The lowest BCUT2D eigenvalue weighted by atomic mass is 10.1. The Kier molecular flexibility index (Phi) is 4.60. The third-order valence-electron chi connectivity index (χ3n) is 5.77. The Bertz CT molecular complexity index is 1250. The van der Waals surface area contributed by atoms with Gasteiger partial charge in [-0.1, -0.05) is 41.9 Å². The van der Waals surface area contributed by atoms with Gasteiger partial charge in [-0.3, -0.25) is 9.10 Å². The number of benzene rings is 3. The maximum Gasteiger partial charge on any atom is 0.265 e. The van der Waals surface area contributed by atoms with Crippen molar-refractivity contribution in [1.29, 1.82) is 0 Å². The Hall–Kier alpha value is -2.77. The van der Waals surface area contributed by atoms with E-state index in [2.05, 4.69) is 4.90 Å². The van der Waals surface area contributed by atoms with Gasteiger partial charge in [0, 0.05) is 42.3 Å². The maximum atomic E-state index is 13.1. The highest BCUT2D eigenvalue weighted by Gasteiger charge is 2.37. The van der Waals surface area contributed by atoms with Crippen molar-refractivity contribution >= 4 is 49.7 Å². The van der Waals surface area contributed by atoms with Crippen LogP contribution in [0.2, 0.25) is 5.02 Å². The molecule has 1 fully saturated rings. The molecule has 6 nitrogen and oxygen atoms in total. The molecule has 0 unspecified atom stereocenters. The molecule has 0 saturated carbocycles. The van der Waals surface area contributed by atoms with Crippen molar-refractivity contribution < 1.29 is 13.2 Å². The topological polar surface area (TPSA) is 60.9 Å². The van der Waals surface area contributed by atoms with Gasteiger partial charge in [-0.15, -0.1) is 0 Å². The SMILES string of the molecule is O=C(CN1c2cccc3cccc(c23)S1(=O)=O)N1CCN(c2cccc(Cl)c2)CC1. The van der Waals surface area contributed by atoms with E-state index in [0.29, 0.717) is 42.3 Å². The third-order valence-corrected chi connectivity index (χ3v) is 7.80. The van der Waals surface area contributed by atoms with Crippen LogP contribution >= 0.6 is 11.6 Å². The summed E-state index contributed by atoms with van der Waals surface area (Å²) in [6.45, 7) is 2.24. The molecule has 0 radical (unpaired) electrons. The molecule has 3 aromatic carbocycles. The number of anilines is 2. The van der Waals surface area contributed by atoms with Gasteiger partial charge in [-0.05, 0) is 35.7 Å². The van der Waals surface area contributed by atoms with Gasteiger partial charge in [0.05, 0.1) is 10.6 Å². The van der Waals surface area contributed by atoms with Crippen LogP contribution in [0.4, 0.5) is 11.4 Å². The predicted octanol–water partition coefficient (Wildman–Crippen LogP) is 3.35. The molecule has 1 amide bonds. The second-order valence-electron chi connectivity index (χ2n) is 7.49. The summed E-state index contributed by atoms with van der Waals surface area (Å²) in [6.07, 6.45) is 0. The van der Waals surface area contributed by atoms with Crippen LogP contribution in [-0.2, 0) is 14.8 Å². The summed E-state index contributed by atoms with van der Waals surface area (Å²) in [7, 11) is -3.73. The minimum atomic E-state index is -3.73. The molecule has 2 heterocycles. The number of carbonyl (C=O) groups excluding carboxylic acids is 1. The van der Waals surface area contributed by atoms with E-state index in [0.717, 1.165) is 11.1 Å². The molecule has 5 rings (SSSR count). The van der Waals surface area contributed by atoms with Crippen LogP contribution in [0.5, 0.6) is 0 Å². The van der Waals surface area contributed by atoms with Crippen LogP contribution in [0.25, 0.3) is 10.8 Å². The molecule has 0 N–H and O–H groups in total. The number of piperazine rings is 1. The summed E-state index contributed by atoms with van der Waals surface area (Å²) >= 11 is 6.08. The molecular weight excluding hydrogens is 422 g/mol. The molecule has 8 heteroatoms. The van der Waals surface area contributed by atoms with Crippen LogP contribution in [-0.4, -0.2) is 51.9 Å². The van der Waals surface area contributed by atoms with Gasteiger partial charge in [0.1, 0.15) is 6.54 Å². The summed E-state index contributed by atoms with van der Waals surface area (Å²) in [5.74, 6) is -0.186. The van der Waals surface area contributed by atoms with Gasteiger partial charge in [0.2, 0.25) is 5.91 Å². The fourth-order valence-corrected chi connectivity index (χ4v) is 6.08. The molecule has 30 heavy (non-hydrogen) atoms. The lowest BCUT2D eigenvalue weighted by molar-refractivity contribution is -0.129. The molecule has 0 aliphatic carbocycles. The molecule has 0 spiro atoms. The van der Waals surface area contributed by atoms with Gasteiger partial charge in [0.15, 0.2) is 0 Å². The fraction of sp³-hybridized carbons (Fsp3) is 0.227. The first-order valence-electron chi connectivity index (χ1n) is 9.78. The Labute approximate surface area is 180 Å². The van der Waals surface area contributed by atoms with Crippen LogP contribution in [0.3, 0.4) is 0 Å². The van der Waals surface area contributed by atoms with E-state index >= 15 is 0 Å². The van der Waals surface area contributed by atoms with Crippen molar-refractivity contribution in [2.75, 3.05) is 41.9 Å². The molecule has 2 aliphatic heterocycles. The lowest BCUT2D eigenvalue weighted by Gasteiger charge is -2.36. The molecule has 0 aromatic heterocycles. The van der Waals surface area contributed by atoms with E-state index < -0.39 is 10.0 Å². The number of carbonyl (C=O) groups is 1. The highest BCUT2D eigenvalue weighted by Crippen LogP contribution is 2.41. The number of hydrogen-bond acceptors (Lipinski definition) is 4. The van der Waals surface area contributed by atoms with Crippen molar-refractivity contribution in [2.24, 2.45) is 0 Å². The van der Waals surface area contributed by atoms with Crippen molar-refractivity contribution in [3.63, 3.8) is 0 Å². The predicted molar refractivity (Wildman–Crippen MR) is 119 cm³/mol. The highest BCUT2D eigenvalue weighted by molar-refractivity contribution is 7.93. The van der Waals surface area contributed by atoms with E-state index in [9.17, 15) is 13.2 Å². The smallest absolute Gasteiger partial charge is 0.265 e. The Morgan fingerprint density at radius 1 is 0.933 bits per heavy atom. The number of amides is 1. The highest BCUT2D eigenvalue weighted by atomic mass is 35.5. The van der Waals surface area contributed by atoms with E-state index in [1.165, 1.54) is 4.31 Å². The number of sulfonamides is 1. The normalized spacial score (nSPS) is 17.6. The zero-order valence-electron chi connectivity index (χ0n) is 16.2. The standard InChI is InChI=1S/C22H20ClN3O3S/c23-17-6-3-7-18(14-17)24-10-12-25(13-11-24)21(27)15-26-19-8-1-4-16-5-2-9-20(22(16)19)30(26,28)29/h1-9,14H,10-13,15H2. The second-order valence-corrected chi connectivity index (χ2v) is 9.76. The molecule has 0 atom stereocenters. The number of nitrogens with zero attached hydrogens (tertiary/aromatic N) is 3. The Balaban J connectivity index is 1.33. The first-order chi connectivity index (χ1) is 14.4. The summed E-state index contributed by atoms with van der Waals surface area (Å²) in [6, 6.07) is 18.4. The average Bonchev–Trinajstić information content (AvgIpc) is 2.97. The first-order valence-corrected chi connectivity index (χ1v) is 11.6. The lowest BCUT2D eigenvalue weighted by Crippen LogP contribution is -2.51. The van der Waals surface area contributed by atoms with Crippen molar-refractivity contribution in [3.8, 4) is 0 Å². The van der Waals surface area contributed by atoms with Crippen molar-refractivity contribution in [2.45, 2.75) is 4.90 Å². The van der Waals surface area contributed by atoms with Crippen LogP contribution in [0, 0.1) is 0 Å². The second kappa shape index (κ2) is 7.18. The molecule has 3 aromatic rings. The zero-order valence-corrected chi connectivity index (χ0v) is 17.7. The quantitative estimate of drug-likeness (QED) is 0.625. The number of rotatable bonds is 3. The largest absolute Gasteiger partial charge is 0.368 e. The van der Waals surface area contributed by atoms with E-state index in [4.69, 9.17) is 11.6 Å². The minimum Gasteiger partial charge on any atom is -0.368 e. The summed E-state index contributed by atoms with van der Waals surface area (Å²) < 4.78 is 27.4. The van der Waals surface area contributed by atoms with E-state index in [1.54, 1.807) is 23.1 Å². The van der Waals surface area contributed by atoms with Gasteiger partial charge in [-0.2, -0.15) is 0 Å². The zero-order chi connectivity index (χ0) is 20.9. The molecule has 2 aliphatic rings. The van der Waals surface area contributed by atoms with Gasteiger partial charge < -0.3 is 9.80 Å². The summed E-state index contributed by atoms with van der Waals surface area (Å²) in [4.78, 5) is 17.2. The molecule has 1 saturated heterocycles. The molecular formula is C22H20ClN3O3S. The van der Waals surface area contributed by atoms with Gasteiger partial charge >= 0.3 is 0 Å². The third kappa shape index (κ3) is 3.09. The van der Waals surface area contributed by atoms with Gasteiger partial charge in [0.25, 0.3) is 10.0 Å². The average molecular weight is 442 g/mol. The van der Waals surface area contributed by atoms with Gasteiger partial charge in [-0.25, -0.2) is 8.42 Å². The molecule has 154 valence electrons. The Morgan fingerprint density at radius 2 is 1.63 bits per heavy atom. The van der Waals surface area contributed by atoms with Crippen molar-refractivity contribution in [1.82, 2.24) is 4.90 Å². The van der Waals surface area contributed by atoms with E-state index in [-0.39, 0.29) is 17.3 Å². The number of hydrogen-bond donors (Lipinski definition) is 0. The van der Waals surface area contributed by atoms with E-state index in [1.807, 2.05) is 42.5 Å². The Morgan fingerprint density at radius 3 is 2.37 bits per heavy atom. The maximum absolute atomic E-state index is 13.1.